The topological polar surface area (TPSA) is 60.3 Å². The van der Waals surface area contributed by atoms with Gasteiger partial charge in [-0.25, -0.2) is 0 Å². The van der Waals surface area contributed by atoms with Gasteiger partial charge in [0.25, 0.3) is 0 Å². The zero-order valence-electron chi connectivity index (χ0n) is 15.0. The Bertz CT molecular complexity index is 975. The zero-order valence-corrected chi connectivity index (χ0v) is 15.0. The average molecular weight is 360 g/mol. The van der Waals surface area contributed by atoms with Crippen molar-refractivity contribution in [2.75, 3.05) is 12.4 Å². The summed E-state index contributed by atoms with van der Waals surface area (Å²) in [4.78, 5) is 25.5. The van der Waals surface area contributed by atoms with Crippen molar-refractivity contribution in [3.63, 3.8) is 0 Å². The van der Waals surface area contributed by atoms with Gasteiger partial charge in [0.2, 0.25) is 11.7 Å². The molecular weight excluding hydrogens is 340 g/mol. The first-order valence-electron chi connectivity index (χ1n) is 8.91. The lowest BCUT2D eigenvalue weighted by atomic mass is 10.0. The van der Waals surface area contributed by atoms with Gasteiger partial charge in [-0.05, 0) is 42.8 Å². The number of aromatic nitrogens is 1. The third-order valence-electron chi connectivity index (χ3n) is 4.96. The van der Waals surface area contributed by atoms with E-state index in [2.05, 4.69) is 5.32 Å². The van der Waals surface area contributed by atoms with Crippen molar-refractivity contribution in [1.29, 1.82) is 0 Å². The lowest BCUT2D eigenvalue weighted by Gasteiger charge is -2.11. The minimum atomic E-state index is -0.260. The van der Waals surface area contributed by atoms with Crippen LogP contribution < -0.4 is 10.1 Å². The lowest BCUT2D eigenvalue weighted by molar-refractivity contribution is -0.117. The van der Waals surface area contributed by atoms with E-state index in [1.54, 1.807) is 7.11 Å². The van der Waals surface area contributed by atoms with Crippen LogP contribution in [0.1, 0.15) is 34.1 Å². The van der Waals surface area contributed by atoms with Gasteiger partial charge in [0.05, 0.1) is 18.7 Å². The van der Waals surface area contributed by atoms with Gasteiger partial charge in [0.1, 0.15) is 5.75 Å². The molecule has 4 rings (SSSR count). The summed E-state index contributed by atoms with van der Waals surface area (Å²) < 4.78 is 7.10. The monoisotopic (exact) mass is 360 g/mol. The SMILES string of the molecule is COc1ccc(NC(=O)[C@H]2CCn3c(C(=O)c4ccccc4)ccc32)cc1. The number of nitrogens with zero attached hydrogens (tertiary/aromatic N) is 1. The number of rotatable bonds is 5. The molecule has 27 heavy (non-hydrogen) atoms. The molecule has 0 saturated heterocycles. The average Bonchev–Trinajstić information content (AvgIpc) is 3.31. The highest BCUT2D eigenvalue weighted by Gasteiger charge is 2.32. The molecule has 0 spiro atoms. The molecule has 2 heterocycles. The highest BCUT2D eigenvalue weighted by Crippen LogP contribution is 2.32. The molecule has 1 aromatic heterocycles. The summed E-state index contributed by atoms with van der Waals surface area (Å²) in [6.07, 6.45) is 0.688. The number of carbonyl (C=O) groups excluding carboxylic acids is 2. The van der Waals surface area contributed by atoms with Crippen molar-refractivity contribution in [2.24, 2.45) is 0 Å². The number of anilines is 1. The third kappa shape index (κ3) is 3.24. The predicted octanol–water partition coefficient (Wildman–Crippen LogP) is 3.85. The summed E-state index contributed by atoms with van der Waals surface area (Å²) in [5.41, 5.74) is 2.91. The first kappa shape index (κ1) is 17.1. The van der Waals surface area contributed by atoms with Crippen LogP contribution in [0.3, 0.4) is 0 Å². The second-order valence-electron chi connectivity index (χ2n) is 6.55. The fraction of sp³-hybridized carbons (Fsp3) is 0.182. The molecule has 0 aliphatic carbocycles. The molecule has 5 nitrogen and oxygen atoms in total. The fourth-order valence-corrected chi connectivity index (χ4v) is 3.55. The minimum absolute atomic E-state index is 0.0157. The lowest BCUT2D eigenvalue weighted by Crippen LogP contribution is -2.19. The van der Waals surface area contributed by atoms with Crippen molar-refractivity contribution in [3.8, 4) is 5.75 Å². The molecule has 136 valence electrons. The van der Waals surface area contributed by atoms with Gasteiger partial charge >= 0.3 is 0 Å². The number of ether oxygens (including phenoxy) is 1. The fourth-order valence-electron chi connectivity index (χ4n) is 3.55. The van der Waals surface area contributed by atoms with E-state index in [1.165, 1.54) is 0 Å². The minimum Gasteiger partial charge on any atom is -0.497 e. The molecule has 3 aromatic rings. The van der Waals surface area contributed by atoms with E-state index in [9.17, 15) is 9.59 Å². The maximum Gasteiger partial charge on any atom is 0.233 e. The number of benzene rings is 2. The number of nitrogens with one attached hydrogen (secondary N) is 1. The molecule has 1 N–H and O–H groups in total. The highest BCUT2D eigenvalue weighted by molar-refractivity contribution is 6.08. The Kier molecular flexibility index (Phi) is 4.50. The predicted molar refractivity (Wildman–Crippen MR) is 103 cm³/mol. The maximum atomic E-state index is 12.8. The number of hydrogen-bond acceptors (Lipinski definition) is 3. The van der Waals surface area contributed by atoms with Gasteiger partial charge in [-0.15, -0.1) is 0 Å². The third-order valence-corrected chi connectivity index (χ3v) is 4.96. The number of ketones is 1. The van der Waals surface area contributed by atoms with E-state index in [0.717, 1.165) is 17.1 Å². The van der Waals surface area contributed by atoms with Crippen molar-refractivity contribution in [2.45, 2.75) is 18.9 Å². The number of amides is 1. The molecule has 0 saturated carbocycles. The molecule has 1 aliphatic rings. The maximum absolute atomic E-state index is 12.8. The van der Waals surface area contributed by atoms with Crippen LogP contribution in [0.2, 0.25) is 0 Å². The van der Waals surface area contributed by atoms with Crippen molar-refractivity contribution < 1.29 is 14.3 Å². The van der Waals surface area contributed by atoms with Crippen molar-refractivity contribution in [3.05, 3.63) is 83.7 Å². The molecule has 1 aliphatic heterocycles. The summed E-state index contributed by atoms with van der Waals surface area (Å²) >= 11 is 0. The van der Waals surface area contributed by atoms with Crippen molar-refractivity contribution >= 4 is 17.4 Å². The van der Waals surface area contributed by atoms with Crippen LogP contribution >= 0.6 is 0 Å². The smallest absolute Gasteiger partial charge is 0.233 e. The Morgan fingerprint density at radius 3 is 2.44 bits per heavy atom. The van der Waals surface area contributed by atoms with Gasteiger partial charge < -0.3 is 14.6 Å². The second-order valence-corrected chi connectivity index (χ2v) is 6.55. The Hall–Kier alpha value is -3.34. The second kappa shape index (κ2) is 7.11. The van der Waals surface area contributed by atoms with E-state index >= 15 is 0 Å². The number of methoxy groups -OCH3 is 1. The molecule has 1 amide bonds. The zero-order chi connectivity index (χ0) is 18.8. The van der Waals surface area contributed by atoms with Crippen LogP contribution in [0.25, 0.3) is 0 Å². The van der Waals surface area contributed by atoms with Gasteiger partial charge in [-0.2, -0.15) is 0 Å². The van der Waals surface area contributed by atoms with E-state index in [1.807, 2.05) is 71.3 Å². The van der Waals surface area contributed by atoms with E-state index < -0.39 is 0 Å². The Morgan fingerprint density at radius 1 is 1.00 bits per heavy atom. The molecule has 0 fully saturated rings. The van der Waals surface area contributed by atoms with E-state index in [4.69, 9.17) is 4.74 Å². The standard InChI is InChI=1S/C22H20N2O3/c1-27-17-9-7-16(8-10-17)23-22(26)18-13-14-24-19(18)11-12-20(24)21(25)15-5-3-2-4-6-15/h2-12,18H,13-14H2,1H3,(H,23,26)/t18-/m0/s1. The highest BCUT2D eigenvalue weighted by atomic mass is 16.5. The van der Waals surface area contributed by atoms with Crippen LogP contribution in [-0.4, -0.2) is 23.4 Å². The Labute approximate surface area is 157 Å². The van der Waals surface area contributed by atoms with E-state index in [0.29, 0.717) is 24.2 Å². The van der Waals surface area contributed by atoms with Gasteiger partial charge in [-0.3, -0.25) is 9.59 Å². The molecule has 5 heteroatoms. The van der Waals surface area contributed by atoms with Crippen molar-refractivity contribution in [1.82, 2.24) is 4.57 Å². The van der Waals surface area contributed by atoms with Crippen LogP contribution in [-0.2, 0) is 11.3 Å². The summed E-state index contributed by atoms with van der Waals surface area (Å²) in [7, 11) is 1.61. The Morgan fingerprint density at radius 2 is 1.74 bits per heavy atom. The molecule has 2 aromatic carbocycles. The first-order valence-corrected chi connectivity index (χ1v) is 8.91. The first-order chi connectivity index (χ1) is 13.2. The summed E-state index contributed by atoms with van der Waals surface area (Å²) in [5.74, 6) is 0.407. The summed E-state index contributed by atoms with van der Waals surface area (Å²) in [6.45, 7) is 0.664. The number of carbonyl (C=O) groups is 2. The van der Waals surface area contributed by atoms with Crippen LogP contribution in [0.5, 0.6) is 5.75 Å². The van der Waals surface area contributed by atoms with Gasteiger partial charge in [0, 0.05) is 23.5 Å². The molecule has 0 unspecified atom stereocenters. The summed E-state index contributed by atoms with van der Waals surface area (Å²) in [6, 6.07) is 20.2. The van der Waals surface area contributed by atoms with Crippen LogP contribution in [0.15, 0.2) is 66.7 Å². The number of hydrogen-bond donors (Lipinski definition) is 1. The Balaban J connectivity index is 1.53. The van der Waals surface area contributed by atoms with Gasteiger partial charge in [-0.1, -0.05) is 30.3 Å². The van der Waals surface area contributed by atoms with Gasteiger partial charge in [0.15, 0.2) is 0 Å². The quantitative estimate of drug-likeness (QED) is 0.703. The normalized spacial score (nSPS) is 15.2. The van der Waals surface area contributed by atoms with Crippen LogP contribution in [0.4, 0.5) is 5.69 Å². The van der Waals surface area contributed by atoms with E-state index in [-0.39, 0.29) is 17.6 Å². The molecule has 0 radical (unpaired) electrons. The van der Waals surface area contributed by atoms with Crippen LogP contribution in [0, 0.1) is 0 Å². The summed E-state index contributed by atoms with van der Waals surface area (Å²) in [5, 5.41) is 2.95. The molecule has 0 bridgehead atoms. The molecular formula is C22H20N2O3. The largest absolute Gasteiger partial charge is 0.497 e. The number of fused-ring (bicyclic) bond motifs is 1. The molecule has 1 atom stereocenters.